The highest BCUT2D eigenvalue weighted by atomic mass is 32.1. The highest BCUT2D eigenvalue weighted by Gasteiger charge is 2.25. The molecule has 1 unspecified atom stereocenters. The van der Waals surface area contributed by atoms with Crippen LogP contribution in [0, 0.1) is 12.8 Å². The molecule has 1 fully saturated rings. The molecule has 1 saturated heterocycles. The van der Waals surface area contributed by atoms with Crippen molar-refractivity contribution in [3.05, 3.63) is 20.7 Å². The SMILES string of the molecule is Cc1csc(=O)n1CCCC(=O)N1CCC(CO)C1. The van der Waals surface area contributed by atoms with Crippen LogP contribution in [0.1, 0.15) is 25.0 Å². The van der Waals surface area contributed by atoms with Crippen molar-refractivity contribution >= 4 is 17.2 Å². The van der Waals surface area contributed by atoms with Crippen LogP contribution in [-0.4, -0.2) is 40.2 Å². The highest BCUT2D eigenvalue weighted by Crippen LogP contribution is 2.16. The van der Waals surface area contributed by atoms with Crippen molar-refractivity contribution in [2.24, 2.45) is 5.92 Å². The average molecular weight is 284 g/mol. The molecule has 0 spiro atoms. The first-order valence-corrected chi connectivity index (χ1v) is 7.53. The Morgan fingerprint density at radius 1 is 1.58 bits per heavy atom. The molecule has 1 amide bonds. The lowest BCUT2D eigenvalue weighted by molar-refractivity contribution is -0.130. The normalized spacial score (nSPS) is 19.1. The summed E-state index contributed by atoms with van der Waals surface area (Å²) in [6.45, 7) is 4.10. The summed E-state index contributed by atoms with van der Waals surface area (Å²) >= 11 is 1.20. The van der Waals surface area contributed by atoms with E-state index in [9.17, 15) is 9.59 Å². The smallest absolute Gasteiger partial charge is 0.307 e. The van der Waals surface area contributed by atoms with Gasteiger partial charge in [-0.1, -0.05) is 11.3 Å². The fourth-order valence-corrected chi connectivity index (χ4v) is 3.19. The van der Waals surface area contributed by atoms with Gasteiger partial charge < -0.3 is 14.6 Å². The van der Waals surface area contributed by atoms with Gasteiger partial charge in [0.15, 0.2) is 0 Å². The first-order valence-electron chi connectivity index (χ1n) is 6.65. The maximum Gasteiger partial charge on any atom is 0.307 e. The zero-order chi connectivity index (χ0) is 13.8. The van der Waals surface area contributed by atoms with Gasteiger partial charge >= 0.3 is 4.87 Å². The highest BCUT2D eigenvalue weighted by molar-refractivity contribution is 7.07. The van der Waals surface area contributed by atoms with E-state index in [4.69, 9.17) is 5.11 Å². The number of aromatic nitrogens is 1. The van der Waals surface area contributed by atoms with E-state index in [1.165, 1.54) is 11.3 Å². The second-order valence-corrected chi connectivity index (χ2v) is 5.90. The van der Waals surface area contributed by atoms with Crippen LogP contribution in [-0.2, 0) is 11.3 Å². The molecule has 2 rings (SSSR count). The van der Waals surface area contributed by atoms with Crippen LogP contribution in [0.25, 0.3) is 0 Å². The van der Waals surface area contributed by atoms with Crippen LogP contribution in [0.15, 0.2) is 10.2 Å². The Kier molecular flexibility index (Phi) is 4.76. The molecule has 1 aromatic rings. The van der Waals surface area contributed by atoms with Gasteiger partial charge in [-0.05, 0) is 19.8 Å². The van der Waals surface area contributed by atoms with Gasteiger partial charge in [0, 0.05) is 49.7 Å². The minimum atomic E-state index is 0.0477. The third-order valence-electron chi connectivity index (χ3n) is 3.65. The van der Waals surface area contributed by atoms with E-state index < -0.39 is 0 Å². The van der Waals surface area contributed by atoms with E-state index in [1.54, 1.807) is 4.57 Å². The summed E-state index contributed by atoms with van der Waals surface area (Å²) in [6, 6.07) is 0. The van der Waals surface area contributed by atoms with E-state index in [0.717, 1.165) is 18.7 Å². The fraction of sp³-hybridized carbons (Fsp3) is 0.692. The summed E-state index contributed by atoms with van der Waals surface area (Å²) in [7, 11) is 0. The number of amides is 1. The molecule has 19 heavy (non-hydrogen) atoms. The van der Waals surface area contributed by atoms with Crippen molar-refractivity contribution in [1.29, 1.82) is 0 Å². The van der Waals surface area contributed by atoms with Crippen LogP contribution in [0.3, 0.4) is 0 Å². The van der Waals surface area contributed by atoms with E-state index in [1.807, 2.05) is 17.2 Å². The number of rotatable bonds is 5. The van der Waals surface area contributed by atoms with Gasteiger partial charge in [-0.15, -0.1) is 0 Å². The number of hydrogen-bond donors (Lipinski definition) is 1. The lowest BCUT2D eigenvalue weighted by Crippen LogP contribution is -2.29. The summed E-state index contributed by atoms with van der Waals surface area (Å²) in [5.74, 6) is 0.377. The molecule has 1 aromatic heterocycles. The Hall–Kier alpha value is -1.14. The first-order chi connectivity index (χ1) is 9.11. The van der Waals surface area contributed by atoms with Crippen LogP contribution < -0.4 is 4.87 Å². The Morgan fingerprint density at radius 3 is 2.95 bits per heavy atom. The van der Waals surface area contributed by atoms with Gasteiger partial charge in [0.05, 0.1) is 0 Å². The Bertz CT molecular complexity index is 494. The topological polar surface area (TPSA) is 62.5 Å². The number of thiazole rings is 1. The molecule has 106 valence electrons. The summed E-state index contributed by atoms with van der Waals surface area (Å²) in [6.07, 6.45) is 2.06. The number of aliphatic hydroxyl groups excluding tert-OH is 1. The molecule has 1 N–H and O–H groups in total. The molecule has 1 aliphatic heterocycles. The van der Waals surface area contributed by atoms with Gasteiger partial charge in [-0.2, -0.15) is 0 Å². The molecule has 0 saturated carbocycles. The van der Waals surface area contributed by atoms with Crippen LogP contribution in [0.5, 0.6) is 0 Å². The number of carbonyl (C=O) groups excluding carboxylic acids is 1. The monoisotopic (exact) mass is 284 g/mol. The van der Waals surface area contributed by atoms with Gasteiger partial charge in [0.2, 0.25) is 5.91 Å². The molecule has 1 aliphatic rings. The Balaban J connectivity index is 1.77. The molecule has 2 heterocycles. The standard InChI is InChI=1S/C13H20N2O3S/c1-10-9-19-13(18)15(10)5-2-3-12(17)14-6-4-11(7-14)8-16/h9,11,16H,2-8H2,1H3. The molecule has 0 aliphatic carbocycles. The zero-order valence-corrected chi connectivity index (χ0v) is 12.0. The van der Waals surface area contributed by atoms with Crippen LogP contribution in [0.4, 0.5) is 0 Å². The van der Waals surface area contributed by atoms with Gasteiger partial charge in [0.25, 0.3) is 0 Å². The van der Waals surface area contributed by atoms with Gasteiger partial charge in [0.1, 0.15) is 0 Å². The maximum absolute atomic E-state index is 12.0. The number of aliphatic hydroxyl groups is 1. The second-order valence-electron chi connectivity index (χ2n) is 5.08. The third-order valence-corrected chi connectivity index (χ3v) is 4.53. The number of nitrogens with zero attached hydrogens (tertiary/aromatic N) is 2. The van der Waals surface area contributed by atoms with Crippen molar-refractivity contribution in [3.63, 3.8) is 0 Å². The van der Waals surface area contributed by atoms with Gasteiger partial charge in [-0.3, -0.25) is 9.59 Å². The average Bonchev–Trinajstić information content (AvgIpc) is 2.99. The molecule has 6 heteroatoms. The van der Waals surface area contributed by atoms with Crippen LogP contribution >= 0.6 is 11.3 Å². The molecular weight excluding hydrogens is 264 g/mol. The predicted octanol–water partition coefficient (Wildman–Crippen LogP) is 0.839. The van der Waals surface area contributed by atoms with E-state index in [0.29, 0.717) is 25.9 Å². The van der Waals surface area contributed by atoms with Gasteiger partial charge in [-0.25, -0.2) is 0 Å². The van der Waals surface area contributed by atoms with Crippen LogP contribution in [0.2, 0.25) is 0 Å². The second kappa shape index (κ2) is 6.34. The number of likely N-dealkylation sites (tertiary alicyclic amines) is 1. The minimum absolute atomic E-state index is 0.0477. The van der Waals surface area contributed by atoms with E-state index in [2.05, 4.69) is 0 Å². The van der Waals surface area contributed by atoms with Crippen molar-refractivity contribution in [1.82, 2.24) is 9.47 Å². The first kappa shape index (κ1) is 14.3. The van der Waals surface area contributed by atoms with Crippen molar-refractivity contribution < 1.29 is 9.90 Å². The lowest BCUT2D eigenvalue weighted by Gasteiger charge is -2.16. The maximum atomic E-state index is 12.0. The Labute approximate surface area is 116 Å². The summed E-state index contributed by atoms with van der Waals surface area (Å²) in [4.78, 5) is 25.3. The molecule has 0 radical (unpaired) electrons. The fourth-order valence-electron chi connectivity index (χ4n) is 2.43. The molecule has 0 aromatic carbocycles. The van der Waals surface area contributed by atoms with Crippen molar-refractivity contribution in [2.75, 3.05) is 19.7 Å². The summed E-state index contributed by atoms with van der Waals surface area (Å²) in [5, 5.41) is 10.9. The largest absolute Gasteiger partial charge is 0.396 e. The number of aryl methyl sites for hydroxylation is 1. The van der Waals surface area contributed by atoms with E-state index in [-0.39, 0.29) is 23.3 Å². The summed E-state index contributed by atoms with van der Waals surface area (Å²) < 4.78 is 1.72. The number of hydrogen-bond acceptors (Lipinski definition) is 4. The molecule has 1 atom stereocenters. The molecular formula is C13H20N2O3S. The third kappa shape index (κ3) is 3.45. The molecule has 5 nitrogen and oxygen atoms in total. The number of carbonyl (C=O) groups is 1. The Morgan fingerprint density at radius 2 is 2.37 bits per heavy atom. The van der Waals surface area contributed by atoms with E-state index >= 15 is 0 Å². The van der Waals surface area contributed by atoms with Crippen molar-refractivity contribution in [2.45, 2.75) is 32.7 Å². The summed E-state index contributed by atoms with van der Waals surface area (Å²) in [5.41, 5.74) is 0.962. The zero-order valence-electron chi connectivity index (χ0n) is 11.2. The molecule has 0 bridgehead atoms. The lowest BCUT2D eigenvalue weighted by atomic mass is 10.1. The van der Waals surface area contributed by atoms with Crippen molar-refractivity contribution in [3.8, 4) is 0 Å². The minimum Gasteiger partial charge on any atom is -0.396 e. The predicted molar refractivity (Wildman–Crippen MR) is 74.3 cm³/mol. The quantitative estimate of drug-likeness (QED) is 0.871.